The van der Waals surface area contributed by atoms with Crippen molar-refractivity contribution in [3.8, 4) is 0 Å². The first-order chi connectivity index (χ1) is 9.24. The van der Waals surface area contributed by atoms with Gasteiger partial charge in [0.05, 0.1) is 33.0 Å². The molecular weight excluding hydrogens is 246 g/mol. The highest BCUT2D eigenvalue weighted by molar-refractivity contribution is 4.77. The van der Waals surface area contributed by atoms with Crippen molar-refractivity contribution in [1.82, 2.24) is 5.32 Å². The normalized spacial score (nSPS) is 12.0. The summed E-state index contributed by atoms with van der Waals surface area (Å²) >= 11 is 0. The molecular formula is C14H31NO4. The van der Waals surface area contributed by atoms with Crippen LogP contribution in [0.1, 0.15) is 26.7 Å². The van der Waals surface area contributed by atoms with E-state index in [0.29, 0.717) is 33.0 Å². The number of hydrogen-bond donors (Lipinski definition) is 2. The zero-order chi connectivity index (χ0) is 14.4. The quantitative estimate of drug-likeness (QED) is 0.465. The second-order valence-corrected chi connectivity index (χ2v) is 4.76. The highest BCUT2D eigenvalue weighted by atomic mass is 16.5. The minimum absolute atomic E-state index is 0.0171. The molecule has 0 saturated carbocycles. The lowest BCUT2D eigenvalue weighted by molar-refractivity contribution is 0.0246. The molecule has 0 amide bonds. The predicted molar refractivity (Wildman–Crippen MR) is 76.5 cm³/mol. The Morgan fingerprint density at radius 3 is 2.05 bits per heavy atom. The van der Waals surface area contributed by atoms with Crippen molar-refractivity contribution in [3.63, 3.8) is 0 Å². The van der Waals surface area contributed by atoms with Gasteiger partial charge in [-0.15, -0.1) is 0 Å². The molecule has 0 atom stereocenters. The van der Waals surface area contributed by atoms with E-state index in [1.807, 2.05) is 0 Å². The molecule has 2 N–H and O–H groups in total. The van der Waals surface area contributed by atoms with Crippen LogP contribution in [0.3, 0.4) is 0 Å². The van der Waals surface area contributed by atoms with E-state index in [1.54, 1.807) is 7.11 Å². The van der Waals surface area contributed by atoms with E-state index in [2.05, 4.69) is 19.2 Å². The molecule has 0 rings (SSSR count). The van der Waals surface area contributed by atoms with Gasteiger partial charge >= 0.3 is 0 Å². The molecule has 0 aliphatic rings. The predicted octanol–water partition coefficient (Wildman–Crippen LogP) is 1.05. The number of methoxy groups -OCH3 is 1. The first-order valence-electron chi connectivity index (χ1n) is 7.20. The molecule has 0 saturated heterocycles. The zero-order valence-corrected chi connectivity index (χ0v) is 12.7. The Balaban J connectivity index is 3.35. The van der Waals surface area contributed by atoms with E-state index in [0.717, 1.165) is 25.9 Å². The smallest absolute Gasteiger partial charge is 0.0701 e. The van der Waals surface area contributed by atoms with E-state index in [4.69, 9.17) is 14.2 Å². The summed E-state index contributed by atoms with van der Waals surface area (Å²) in [5.41, 5.74) is 0.0171. The minimum atomic E-state index is 0.0171. The van der Waals surface area contributed by atoms with Crippen molar-refractivity contribution < 1.29 is 19.3 Å². The molecule has 5 heteroatoms. The van der Waals surface area contributed by atoms with Gasteiger partial charge in [0.25, 0.3) is 0 Å². The Morgan fingerprint density at radius 1 is 0.947 bits per heavy atom. The van der Waals surface area contributed by atoms with E-state index in [9.17, 15) is 5.11 Å². The van der Waals surface area contributed by atoms with Gasteiger partial charge in [-0.2, -0.15) is 0 Å². The van der Waals surface area contributed by atoms with Crippen LogP contribution in [0.4, 0.5) is 0 Å². The molecule has 0 aromatic heterocycles. The molecule has 0 aliphatic carbocycles. The number of ether oxygens (including phenoxy) is 3. The number of aliphatic hydroxyl groups excluding tert-OH is 1. The van der Waals surface area contributed by atoms with Crippen molar-refractivity contribution in [2.24, 2.45) is 5.41 Å². The first-order valence-corrected chi connectivity index (χ1v) is 7.20. The van der Waals surface area contributed by atoms with Gasteiger partial charge in [0.2, 0.25) is 0 Å². The second kappa shape index (κ2) is 12.8. The van der Waals surface area contributed by atoms with Crippen LogP contribution in [0.25, 0.3) is 0 Å². The van der Waals surface area contributed by atoms with E-state index in [1.165, 1.54) is 0 Å². The summed E-state index contributed by atoms with van der Waals surface area (Å²) in [5.74, 6) is 0. The van der Waals surface area contributed by atoms with Crippen molar-refractivity contribution >= 4 is 0 Å². The van der Waals surface area contributed by atoms with Crippen LogP contribution in [-0.2, 0) is 14.2 Å². The van der Waals surface area contributed by atoms with Gasteiger partial charge < -0.3 is 24.6 Å². The van der Waals surface area contributed by atoms with Gasteiger partial charge in [0.15, 0.2) is 0 Å². The number of hydrogen-bond acceptors (Lipinski definition) is 5. The molecule has 0 spiro atoms. The lowest BCUT2D eigenvalue weighted by Crippen LogP contribution is -2.37. The average molecular weight is 277 g/mol. The third-order valence-electron chi connectivity index (χ3n) is 3.56. The summed E-state index contributed by atoms with van der Waals surface area (Å²) in [6.07, 6.45) is 1.97. The van der Waals surface area contributed by atoms with Gasteiger partial charge in [-0.3, -0.25) is 0 Å². The van der Waals surface area contributed by atoms with Gasteiger partial charge in [-0.25, -0.2) is 0 Å². The second-order valence-electron chi connectivity index (χ2n) is 4.76. The number of rotatable bonds is 14. The van der Waals surface area contributed by atoms with Gasteiger partial charge in [0, 0.05) is 32.2 Å². The summed E-state index contributed by atoms with van der Waals surface area (Å²) in [6, 6.07) is 0. The maximum atomic E-state index is 9.42. The van der Waals surface area contributed by atoms with Crippen LogP contribution in [0.5, 0.6) is 0 Å². The molecule has 0 fully saturated rings. The van der Waals surface area contributed by atoms with Crippen LogP contribution in [0, 0.1) is 5.41 Å². The molecule has 5 nitrogen and oxygen atoms in total. The van der Waals surface area contributed by atoms with Crippen molar-refractivity contribution in [1.29, 1.82) is 0 Å². The first kappa shape index (κ1) is 18.8. The van der Waals surface area contributed by atoms with Gasteiger partial charge in [0.1, 0.15) is 0 Å². The van der Waals surface area contributed by atoms with E-state index in [-0.39, 0.29) is 12.0 Å². The molecule has 19 heavy (non-hydrogen) atoms. The molecule has 0 aromatic carbocycles. The fraction of sp³-hybridized carbons (Fsp3) is 1.00. The van der Waals surface area contributed by atoms with Crippen LogP contribution in [0.15, 0.2) is 0 Å². The molecule has 0 heterocycles. The van der Waals surface area contributed by atoms with Crippen molar-refractivity contribution in [3.05, 3.63) is 0 Å². The summed E-state index contributed by atoms with van der Waals surface area (Å²) in [5, 5.41) is 12.8. The largest absolute Gasteiger partial charge is 0.396 e. The topological polar surface area (TPSA) is 60.0 Å². The molecule has 0 aromatic rings. The Labute approximate surface area is 117 Å². The standard InChI is InChI=1S/C14H31NO4/c1-4-14(5-2,13-16)12-15-6-7-18-10-11-19-9-8-17-3/h15-16H,4-13H2,1-3H3. The minimum Gasteiger partial charge on any atom is -0.396 e. The maximum Gasteiger partial charge on any atom is 0.0701 e. The zero-order valence-electron chi connectivity index (χ0n) is 12.7. The van der Waals surface area contributed by atoms with Crippen LogP contribution in [0.2, 0.25) is 0 Å². The lowest BCUT2D eigenvalue weighted by Gasteiger charge is -2.29. The third kappa shape index (κ3) is 9.35. The molecule has 116 valence electrons. The summed E-state index contributed by atoms with van der Waals surface area (Å²) in [4.78, 5) is 0. The Bertz CT molecular complexity index is 178. The lowest BCUT2D eigenvalue weighted by atomic mass is 9.83. The Morgan fingerprint density at radius 2 is 1.53 bits per heavy atom. The van der Waals surface area contributed by atoms with Crippen molar-refractivity contribution in [2.45, 2.75) is 26.7 Å². The molecule has 0 radical (unpaired) electrons. The summed E-state index contributed by atoms with van der Waals surface area (Å²) < 4.78 is 15.6. The summed E-state index contributed by atoms with van der Waals surface area (Å²) in [6.45, 7) is 9.24. The van der Waals surface area contributed by atoms with Crippen LogP contribution >= 0.6 is 0 Å². The number of nitrogens with one attached hydrogen (secondary N) is 1. The molecule has 0 bridgehead atoms. The molecule has 0 unspecified atom stereocenters. The van der Waals surface area contributed by atoms with Gasteiger partial charge in [-0.1, -0.05) is 13.8 Å². The SMILES string of the molecule is CCC(CC)(CO)CNCCOCCOCCOC. The highest BCUT2D eigenvalue weighted by Crippen LogP contribution is 2.24. The monoisotopic (exact) mass is 277 g/mol. The van der Waals surface area contributed by atoms with Crippen LogP contribution in [-0.4, -0.2) is 64.9 Å². The Hall–Kier alpha value is -0.200. The van der Waals surface area contributed by atoms with Gasteiger partial charge in [-0.05, 0) is 12.8 Å². The molecule has 0 aliphatic heterocycles. The third-order valence-corrected chi connectivity index (χ3v) is 3.56. The Kier molecular flexibility index (Phi) is 12.7. The fourth-order valence-corrected chi connectivity index (χ4v) is 1.74. The van der Waals surface area contributed by atoms with Crippen molar-refractivity contribution in [2.75, 3.05) is 59.8 Å². The fourth-order valence-electron chi connectivity index (χ4n) is 1.74. The van der Waals surface area contributed by atoms with E-state index >= 15 is 0 Å². The average Bonchev–Trinajstić information content (AvgIpc) is 2.46. The number of aliphatic hydroxyl groups is 1. The summed E-state index contributed by atoms with van der Waals surface area (Å²) in [7, 11) is 1.66. The van der Waals surface area contributed by atoms with E-state index < -0.39 is 0 Å². The van der Waals surface area contributed by atoms with Crippen LogP contribution < -0.4 is 5.32 Å². The maximum absolute atomic E-state index is 9.42. The highest BCUT2D eigenvalue weighted by Gasteiger charge is 2.24.